The van der Waals surface area contributed by atoms with Crippen LogP contribution in [-0.4, -0.2) is 23.3 Å². The number of aromatic amines is 1. The first-order valence-electron chi connectivity index (χ1n) is 7.24. The number of nitrogens with one attached hydrogen (secondary N) is 1. The van der Waals surface area contributed by atoms with Crippen LogP contribution in [0.1, 0.15) is 15.9 Å². The molecule has 0 radical (unpaired) electrons. The maximum absolute atomic E-state index is 13.6. The standard InChI is InChI=1S/C18H13ClFNO3/c19-14-5-3-6-15(20)12(14)8-18(23)24-10-17(22)13-9-21-16-7-2-1-4-11(13)16/h1-7,9,21H,8,10H2. The van der Waals surface area contributed by atoms with Crippen molar-refractivity contribution in [2.75, 3.05) is 6.61 Å². The number of Topliss-reactive ketones (excluding diaryl/α,β-unsaturated/α-hetero) is 1. The molecule has 0 aliphatic rings. The fourth-order valence-electron chi connectivity index (χ4n) is 2.42. The number of para-hydroxylation sites is 1. The van der Waals surface area contributed by atoms with Gasteiger partial charge < -0.3 is 9.72 Å². The highest BCUT2D eigenvalue weighted by Gasteiger charge is 2.16. The summed E-state index contributed by atoms with van der Waals surface area (Å²) in [6.07, 6.45) is 1.25. The first kappa shape index (κ1) is 16.2. The summed E-state index contributed by atoms with van der Waals surface area (Å²) in [6.45, 7) is -0.410. The van der Waals surface area contributed by atoms with E-state index in [0.29, 0.717) is 5.56 Å². The average molecular weight is 346 g/mol. The van der Waals surface area contributed by atoms with Gasteiger partial charge in [0.1, 0.15) is 5.82 Å². The maximum atomic E-state index is 13.6. The molecule has 3 aromatic rings. The Hall–Kier alpha value is -2.66. The van der Waals surface area contributed by atoms with E-state index in [1.807, 2.05) is 18.2 Å². The third kappa shape index (κ3) is 3.31. The molecule has 0 unspecified atom stereocenters. The molecule has 0 saturated heterocycles. The van der Waals surface area contributed by atoms with Gasteiger partial charge in [0.15, 0.2) is 6.61 Å². The molecule has 0 bridgehead atoms. The highest BCUT2D eigenvalue weighted by atomic mass is 35.5. The van der Waals surface area contributed by atoms with Crippen molar-refractivity contribution in [1.29, 1.82) is 0 Å². The number of fused-ring (bicyclic) bond motifs is 1. The Labute approximate surface area is 142 Å². The van der Waals surface area contributed by atoms with Gasteiger partial charge in [-0.15, -0.1) is 0 Å². The number of aromatic nitrogens is 1. The molecule has 0 atom stereocenters. The molecule has 2 aromatic carbocycles. The molecule has 24 heavy (non-hydrogen) atoms. The second-order valence-electron chi connectivity index (χ2n) is 5.21. The SMILES string of the molecule is O=C(Cc1c(F)cccc1Cl)OCC(=O)c1c[nH]c2ccccc12. The van der Waals surface area contributed by atoms with Crippen molar-refractivity contribution in [1.82, 2.24) is 4.98 Å². The van der Waals surface area contributed by atoms with Gasteiger partial charge in [0, 0.05) is 33.2 Å². The number of H-pyrrole nitrogens is 1. The lowest BCUT2D eigenvalue weighted by Gasteiger charge is -2.06. The summed E-state index contributed by atoms with van der Waals surface area (Å²) < 4.78 is 18.6. The second kappa shape index (κ2) is 6.84. The number of ketones is 1. The molecule has 1 heterocycles. The zero-order valence-electron chi connectivity index (χ0n) is 12.5. The van der Waals surface area contributed by atoms with E-state index in [1.54, 1.807) is 12.3 Å². The van der Waals surface area contributed by atoms with Crippen LogP contribution in [0.3, 0.4) is 0 Å². The van der Waals surface area contributed by atoms with Crippen LogP contribution in [0.4, 0.5) is 4.39 Å². The number of hydrogen-bond donors (Lipinski definition) is 1. The lowest BCUT2D eigenvalue weighted by Crippen LogP contribution is -2.16. The van der Waals surface area contributed by atoms with Crippen molar-refractivity contribution in [2.45, 2.75) is 6.42 Å². The molecule has 0 aliphatic heterocycles. The van der Waals surface area contributed by atoms with Gasteiger partial charge in [0.25, 0.3) is 0 Å². The first-order chi connectivity index (χ1) is 11.6. The summed E-state index contributed by atoms with van der Waals surface area (Å²) in [7, 11) is 0. The van der Waals surface area contributed by atoms with Crippen molar-refractivity contribution in [2.24, 2.45) is 0 Å². The Balaban J connectivity index is 1.65. The van der Waals surface area contributed by atoms with Crippen LogP contribution in [0.2, 0.25) is 5.02 Å². The van der Waals surface area contributed by atoms with Crippen LogP contribution in [0.25, 0.3) is 10.9 Å². The van der Waals surface area contributed by atoms with Crippen molar-refractivity contribution in [3.63, 3.8) is 0 Å². The third-order valence-electron chi connectivity index (χ3n) is 3.64. The predicted molar refractivity (Wildman–Crippen MR) is 88.7 cm³/mol. The number of benzene rings is 2. The Morgan fingerprint density at radius 1 is 1.12 bits per heavy atom. The van der Waals surface area contributed by atoms with Gasteiger partial charge in [0.2, 0.25) is 5.78 Å². The first-order valence-corrected chi connectivity index (χ1v) is 7.62. The second-order valence-corrected chi connectivity index (χ2v) is 5.62. The summed E-state index contributed by atoms with van der Waals surface area (Å²) in [5, 5.41) is 0.908. The zero-order chi connectivity index (χ0) is 17.1. The van der Waals surface area contributed by atoms with Crippen molar-refractivity contribution < 1.29 is 18.7 Å². The van der Waals surface area contributed by atoms with E-state index in [2.05, 4.69) is 4.98 Å². The summed E-state index contributed by atoms with van der Waals surface area (Å²) in [5.74, 6) is -1.63. The molecule has 0 fully saturated rings. The van der Waals surface area contributed by atoms with E-state index in [0.717, 1.165) is 10.9 Å². The van der Waals surface area contributed by atoms with Gasteiger partial charge in [-0.3, -0.25) is 9.59 Å². The van der Waals surface area contributed by atoms with E-state index in [4.69, 9.17) is 16.3 Å². The molecule has 6 heteroatoms. The van der Waals surface area contributed by atoms with Crippen LogP contribution in [0.5, 0.6) is 0 Å². The topological polar surface area (TPSA) is 59.2 Å². The fraction of sp³-hybridized carbons (Fsp3) is 0.111. The Morgan fingerprint density at radius 3 is 2.71 bits per heavy atom. The van der Waals surface area contributed by atoms with Crippen LogP contribution in [0.15, 0.2) is 48.7 Å². The van der Waals surface area contributed by atoms with E-state index in [-0.39, 0.29) is 22.8 Å². The van der Waals surface area contributed by atoms with Crippen LogP contribution in [0, 0.1) is 5.82 Å². The van der Waals surface area contributed by atoms with Crippen molar-refractivity contribution in [3.05, 3.63) is 70.6 Å². The van der Waals surface area contributed by atoms with Crippen LogP contribution >= 0.6 is 11.6 Å². The quantitative estimate of drug-likeness (QED) is 0.563. The van der Waals surface area contributed by atoms with Gasteiger partial charge in [-0.1, -0.05) is 35.9 Å². The molecule has 0 spiro atoms. The number of halogens is 2. The average Bonchev–Trinajstić information content (AvgIpc) is 3.00. The number of carbonyl (C=O) groups excluding carboxylic acids is 2. The normalized spacial score (nSPS) is 10.8. The maximum Gasteiger partial charge on any atom is 0.310 e. The van der Waals surface area contributed by atoms with E-state index < -0.39 is 18.4 Å². The number of rotatable bonds is 5. The molecule has 1 N–H and O–H groups in total. The minimum Gasteiger partial charge on any atom is -0.457 e. The molecule has 4 nitrogen and oxygen atoms in total. The summed E-state index contributed by atoms with van der Waals surface area (Å²) in [6, 6.07) is 11.5. The van der Waals surface area contributed by atoms with Gasteiger partial charge in [-0.2, -0.15) is 0 Å². The van der Waals surface area contributed by atoms with Gasteiger partial charge in [-0.25, -0.2) is 4.39 Å². The van der Waals surface area contributed by atoms with Gasteiger partial charge in [0.05, 0.1) is 6.42 Å². The molecule has 122 valence electrons. The molecular formula is C18H13ClFNO3. The molecule has 0 amide bonds. The third-order valence-corrected chi connectivity index (χ3v) is 3.99. The van der Waals surface area contributed by atoms with Crippen LogP contribution in [-0.2, 0) is 16.0 Å². The van der Waals surface area contributed by atoms with Crippen LogP contribution < -0.4 is 0 Å². The molecule has 0 aliphatic carbocycles. The van der Waals surface area contributed by atoms with Gasteiger partial charge in [-0.05, 0) is 18.2 Å². The smallest absolute Gasteiger partial charge is 0.310 e. The van der Waals surface area contributed by atoms with E-state index >= 15 is 0 Å². The Kier molecular flexibility index (Phi) is 4.62. The van der Waals surface area contributed by atoms with Crippen molar-refractivity contribution in [3.8, 4) is 0 Å². The number of ether oxygens (including phenoxy) is 1. The highest BCUT2D eigenvalue weighted by Crippen LogP contribution is 2.20. The summed E-state index contributed by atoms with van der Waals surface area (Å²) in [4.78, 5) is 27.0. The van der Waals surface area contributed by atoms with Gasteiger partial charge >= 0.3 is 5.97 Å². The fourth-order valence-corrected chi connectivity index (χ4v) is 2.65. The monoisotopic (exact) mass is 345 g/mol. The Bertz CT molecular complexity index is 899. The number of esters is 1. The number of hydrogen-bond acceptors (Lipinski definition) is 3. The van der Waals surface area contributed by atoms with E-state index in [9.17, 15) is 14.0 Å². The lowest BCUT2D eigenvalue weighted by molar-refractivity contribution is -0.141. The van der Waals surface area contributed by atoms with E-state index in [1.165, 1.54) is 18.2 Å². The molecule has 0 saturated carbocycles. The largest absolute Gasteiger partial charge is 0.457 e. The molecule has 3 rings (SSSR count). The summed E-state index contributed by atoms with van der Waals surface area (Å²) >= 11 is 5.86. The lowest BCUT2D eigenvalue weighted by atomic mass is 10.1. The zero-order valence-corrected chi connectivity index (χ0v) is 13.3. The summed E-state index contributed by atoms with van der Waals surface area (Å²) in [5.41, 5.74) is 1.33. The van der Waals surface area contributed by atoms with Crippen molar-refractivity contribution >= 4 is 34.3 Å². The molecule has 1 aromatic heterocycles. The highest BCUT2D eigenvalue weighted by molar-refractivity contribution is 6.31. The molecular weight excluding hydrogens is 333 g/mol. The number of carbonyl (C=O) groups is 2. The minimum absolute atomic E-state index is 0.0590. The minimum atomic E-state index is -0.713. The Morgan fingerprint density at radius 2 is 1.92 bits per heavy atom. The predicted octanol–water partition coefficient (Wildman–Crippen LogP) is 3.93.